The smallest absolute Gasteiger partial charge is 0.314 e. The lowest BCUT2D eigenvalue weighted by Gasteiger charge is -2.36. The maximum atomic E-state index is 14.5. The Balaban J connectivity index is 0.00000288. The highest BCUT2D eigenvalue weighted by Crippen LogP contribution is 2.41. The van der Waals surface area contributed by atoms with Crippen molar-refractivity contribution < 1.29 is 17.6 Å². The number of halogens is 7. The molecule has 1 fully saturated rings. The van der Waals surface area contributed by atoms with E-state index in [1.165, 1.54) is 0 Å². The largest absolute Gasteiger partial charge is 0.416 e. The quantitative estimate of drug-likeness (QED) is 0.514. The van der Waals surface area contributed by atoms with Gasteiger partial charge in [-0.05, 0) is 25.0 Å². The van der Waals surface area contributed by atoms with Crippen molar-refractivity contribution in [2.75, 3.05) is 26.2 Å². The third-order valence-corrected chi connectivity index (χ3v) is 4.30. The summed E-state index contributed by atoms with van der Waals surface area (Å²) in [6.07, 6.45) is -2.13. The number of rotatable bonds is 5. The number of hydrogen-bond donors (Lipinski definition) is 1. The van der Waals surface area contributed by atoms with Crippen molar-refractivity contribution >= 4 is 36.4 Å². The lowest BCUT2D eigenvalue weighted by atomic mass is 9.93. The average molecular weight is 424 g/mol. The van der Waals surface area contributed by atoms with Gasteiger partial charge >= 0.3 is 6.18 Å². The topological polar surface area (TPSA) is 15.3 Å². The highest BCUT2D eigenvalue weighted by atomic mass is 35.5. The summed E-state index contributed by atoms with van der Waals surface area (Å²) in [6.45, 7) is 6.05. The van der Waals surface area contributed by atoms with E-state index in [1.54, 1.807) is 6.08 Å². The third-order valence-electron chi connectivity index (χ3n) is 4.01. The molecule has 9 heteroatoms. The summed E-state index contributed by atoms with van der Waals surface area (Å²) < 4.78 is 54.6. The molecule has 0 amide bonds. The van der Waals surface area contributed by atoms with Crippen molar-refractivity contribution in [1.29, 1.82) is 0 Å². The lowest BCUT2D eigenvalue weighted by Crippen LogP contribution is -2.45. The van der Waals surface area contributed by atoms with Crippen LogP contribution in [-0.2, 0) is 6.18 Å². The van der Waals surface area contributed by atoms with E-state index in [1.807, 2.05) is 4.90 Å². The Morgan fingerprint density at radius 3 is 2.36 bits per heavy atom. The number of benzene rings is 1. The number of allylic oxidation sites excluding steroid dienone is 1. The molecule has 0 radical (unpaired) electrons. The van der Waals surface area contributed by atoms with Crippen LogP contribution in [0.2, 0.25) is 5.02 Å². The van der Waals surface area contributed by atoms with Crippen LogP contribution in [0.3, 0.4) is 0 Å². The molecule has 25 heavy (non-hydrogen) atoms. The highest BCUT2D eigenvalue weighted by Gasteiger charge is 2.39. The third kappa shape index (κ3) is 6.00. The summed E-state index contributed by atoms with van der Waals surface area (Å²) in [6, 6.07) is 1.15. The zero-order valence-electron chi connectivity index (χ0n) is 13.4. The van der Waals surface area contributed by atoms with Crippen molar-refractivity contribution in [1.82, 2.24) is 10.2 Å². The fourth-order valence-electron chi connectivity index (χ4n) is 2.92. The molecular weight excluding hydrogens is 403 g/mol. The zero-order chi connectivity index (χ0) is 17.0. The molecule has 1 N–H and O–H groups in total. The van der Waals surface area contributed by atoms with Gasteiger partial charge in [0.05, 0.1) is 10.6 Å². The second kappa shape index (κ2) is 10.6. The van der Waals surface area contributed by atoms with Gasteiger partial charge in [0.1, 0.15) is 5.82 Å². The molecular formula is C16H21Cl3F4N2. The zero-order valence-corrected chi connectivity index (χ0v) is 15.8. The number of alkyl halides is 3. The summed E-state index contributed by atoms with van der Waals surface area (Å²) in [5.41, 5.74) is -1.30. The van der Waals surface area contributed by atoms with Crippen LogP contribution in [0.4, 0.5) is 17.6 Å². The molecule has 2 rings (SSSR count). The van der Waals surface area contributed by atoms with Gasteiger partial charge in [-0.15, -0.1) is 31.4 Å². The summed E-state index contributed by atoms with van der Waals surface area (Å²) in [5, 5.41) is 2.86. The first-order chi connectivity index (χ1) is 10.9. The van der Waals surface area contributed by atoms with Crippen LogP contribution in [-0.4, -0.2) is 31.1 Å². The van der Waals surface area contributed by atoms with Gasteiger partial charge in [0.2, 0.25) is 0 Å². The molecule has 1 atom stereocenters. The summed E-state index contributed by atoms with van der Waals surface area (Å²) >= 11 is 5.76. The monoisotopic (exact) mass is 422 g/mol. The Morgan fingerprint density at radius 2 is 1.84 bits per heavy atom. The van der Waals surface area contributed by atoms with E-state index < -0.39 is 23.6 Å². The molecule has 1 aliphatic rings. The molecule has 0 bridgehead atoms. The Kier molecular flexibility index (Phi) is 10.4. The minimum absolute atomic E-state index is 0. The van der Waals surface area contributed by atoms with Crippen LogP contribution in [0.1, 0.15) is 30.0 Å². The first-order valence-electron chi connectivity index (χ1n) is 7.47. The molecule has 1 aromatic carbocycles. The van der Waals surface area contributed by atoms with Crippen molar-refractivity contribution in [3.63, 3.8) is 0 Å². The summed E-state index contributed by atoms with van der Waals surface area (Å²) in [7, 11) is 0. The first kappa shape index (κ1) is 24.5. The van der Waals surface area contributed by atoms with Gasteiger partial charge in [-0.2, -0.15) is 13.2 Å². The van der Waals surface area contributed by atoms with E-state index in [0.29, 0.717) is 39.0 Å². The minimum Gasteiger partial charge on any atom is -0.314 e. The maximum absolute atomic E-state index is 14.5. The van der Waals surface area contributed by atoms with Gasteiger partial charge in [-0.1, -0.05) is 17.7 Å². The predicted molar refractivity (Wildman–Crippen MR) is 97.5 cm³/mol. The predicted octanol–water partition coefficient (Wildman–Crippen LogP) is 5.25. The van der Waals surface area contributed by atoms with Gasteiger partial charge in [-0.25, -0.2) is 4.39 Å². The van der Waals surface area contributed by atoms with Crippen LogP contribution < -0.4 is 5.32 Å². The summed E-state index contributed by atoms with van der Waals surface area (Å²) in [4.78, 5) is 1.88. The Hall–Kier alpha value is -0.530. The maximum Gasteiger partial charge on any atom is 0.416 e. The standard InChI is InChI=1S/C16H19ClF4N2.2ClH/c1-2-3-4-13(23-9-7-22-8-10-23)14-11(16(19,20)21)5-6-12(17)15(14)18;;/h2,5-6,13,22H,1,3-4,7-10H2;2*1H/t13-;;/m1../s1. The molecule has 0 unspecified atom stereocenters. The minimum atomic E-state index is -4.62. The van der Waals surface area contributed by atoms with E-state index in [2.05, 4.69) is 11.9 Å². The molecule has 2 nitrogen and oxygen atoms in total. The van der Waals surface area contributed by atoms with Crippen LogP contribution in [0.25, 0.3) is 0 Å². The molecule has 1 aliphatic heterocycles. The molecule has 0 aliphatic carbocycles. The van der Waals surface area contributed by atoms with Gasteiger partial charge in [-0.3, -0.25) is 4.90 Å². The van der Waals surface area contributed by atoms with E-state index in [0.717, 1.165) is 12.1 Å². The average Bonchev–Trinajstić information content (AvgIpc) is 2.51. The lowest BCUT2D eigenvalue weighted by molar-refractivity contribution is -0.139. The molecule has 1 aromatic rings. The van der Waals surface area contributed by atoms with E-state index >= 15 is 0 Å². The Labute approximate surface area is 162 Å². The fraction of sp³-hybridized carbons (Fsp3) is 0.500. The second-order valence-corrected chi connectivity index (χ2v) is 5.90. The van der Waals surface area contributed by atoms with Crippen LogP contribution in [0, 0.1) is 5.82 Å². The van der Waals surface area contributed by atoms with Gasteiger partial charge in [0.15, 0.2) is 0 Å². The first-order valence-corrected chi connectivity index (χ1v) is 7.84. The molecule has 1 heterocycles. The van der Waals surface area contributed by atoms with Crippen LogP contribution in [0.5, 0.6) is 0 Å². The van der Waals surface area contributed by atoms with Crippen molar-refractivity contribution in [2.24, 2.45) is 0 Å². The van der Waals surface area contributed by atoms with E-state index in [-0.39, 0.29) is 35.4 Å². The summed E-state index contributed by atoms with van der Waals surface area (Å²) in [5.74, 6) is -0.978. The van der Waals surface area contributed by atoms with E-state index in [9.17, 15) is 17.6 Å². The highest BCUT2D eigenvalue weighted by molar-refractivity contribution is 6.30. The fourth-order valence-corrected chi connectivity index (χ4v) is 3.08. The Morgan fingerprint density at radius 1 is 1.24 bits per heavy atom. The number of hydrogen-bond acceptors (Lipinski definition) is 2. The number of nitrogens with zero attached hydrogens (tertiary/aromatic N) is 1. The van der Waals surface area contributed by atoms with E-state index in [4.69, 9.17) is 11.6 Å². The van der Waals surface area contributed by atoms with Crippen LogP contribution in [0.15, 0.2) is 24.8 Å². The van der Waals surface area contributed by atoms with Crippen molar-refractivity contribution in [3.05, 3.63) is 46.8 Å². The molecule has 144 valence electrons. The normalized spacial score (nSPS) is 16.5. The molecule has 0 spiro atoms. The van der Waals surface area contributed by atoms with Gasteiger partial charge < -0.3 is 5.32 Å². The SMILES string of the molecule is C=CCC[C@H](c1c(C(F)(F)F)ccc(Cl)c1F)N1CCNCC1.Cl.Cl. The molecule has 1 saturated heterocycles. The van der Waals surface area contributed by atoms with Crippen molar-refractivity contribution in [3.8, 4) is 0 Å². The van der Waals surface area contributed by atoms with Gasteiger partial charge in [0.25, 0.3) is 0 Å². The second-order valence-electron chi connectivity index (χ2n) is 5.49. The number of nitrogens with one attached hydrogen (secondary N) is 1. The van der Waals surface area contributed by atoms with Crippen LogP contribution >= 0.6 is 36.4 Å². The van der Waals surface area contributed by atoms with Gasteiger partial charge in [0, 0.05) is 37.8 Å². The molecule has 0 aromatic heterocycles. The number of piperazine rings is 1. The Bertz CT molecular complexity index is 561. The van der Waals surface area contributed by atoms with Crippen molar-refractivity contribution in [2.45, 2.75) is 25.1 Å². The molecule has 0 saturated carbocycles.